The van der Waals surface area contributed by atoms with E-state index in [0.29, 0.717) is 28.5 Å². The first-order valence-corrected chi connectivity index (χ1v) is 11.8. The smallest absolute Gasteiger partial charge is 0.382 e. The van der Waals surface area contributed by atoms with Crippen LogP contribution in [-0.4, -0.2) is 52.0 Å². The van der Waals surface area contributed by atoms with E-state index in [4.69, 9.17) is 5.73 Å². The Kier molecular flexibility index (Phi) is 6.68. The fourth-order valence-electron chi connectivity index (χ4n) is 4.06. The molecular weight excluding hydrogens is 499 g/mol. The number of fused-ring (bicyclic) bond motifs is 1. The van der Waals surface area contributed by atoms with Crippen LogP contribution in [0.4, 0.5) is 42.1 Å². The van der Waals surface area contributed by atoms with Crippen LogP contribution in [0.2, 0.25) is 0 Å². The molecule has 196 valence electrons. The third-order valence-electron chi connectivity index (χ3n) is 6.10. The third kappa shape index (κ3) is 5.27. The standard InChI is InChI=1S/C25H24F3N9O/c1-14-5-6-15(23(38)33-17-4-2-3-16(12-17)25(26,27)28)11-18(14)34-22-20-19(31-13-32-22)21(29)36-24(35-20)37-9-7-30-8-10-37/h2-6,11-13,30H,7-10H2,1H3,(H,33,38)(H2,29,35,36)(H,31,32,34). The van der Waals surface area contributed by atoms with E-state index in [9.17, 15) is 18.0 Å². The predicted molar refractivity (Wildman–Crippen MR) is 138 cm³/mol. The summed E-state index contributed by atoms with van der Waals surface area (Å²) in [4.78, 5) is 32.6. The summed E-state index contributed by atoms with van der Waals surface area (Å²) >= 11 is 0. The number of nitrogens with one attached hydrogen (secondary N) is 3. The predicted octanol–water partition coefficient (Wildman–Crippen LogP) is 3.73. The van der Waals surface area contributed by atoms with E-state index in [1.807, 2.05) is 11.8 Å². The van der Waals surface area contributed by atoms with Crippen molar-refractivity contribution in [3.63, 3.8) is 0 Å². The van der Waals surface area contributed by atoms with Crippen LogP contribution < -0.4 is 26.6 Å². The number of anilines is 5. The number of nitrogens with two attached hydrogens (primary N) is 1. The fraction of sp³-hybridized carbons (Fsp3) is 0.240. The molecule has 5 rings (SSSR count). The minimum absolute atomic E-state index is 0.0364. The summed E-state index contributed by atoms with van der Waals surface area (Å²) in [7, 11) is 0. The third-order valence-corrected chi connectivity index (χ3v) is 6.10. The van der Waals surface area contributed by atoms with Gasteiger partial charge in [-0.15, -0.1) is 0 Å². The first kappa shape index (κ1) is 25.1. The Labute approximate surface area is 215 Å². The van der Waals surface area contributed by atoms with Crippen molar-refractivity contribution in [2.75, 3.05) is 47.4 Å². The minimum atomic E-state index is -4.51. The number of halogens is 3. The highest BCUT2D eigenvalue weighted by Crippen LogP contribution is 2.31. The fourth-order valence-corrected chi connectivity index (χ4v) is 4.06. The SMILES string of the molecule is Cc1ccc(C(=O)Nc2cccc(C(F)(F)F)c2)cc1Nc1ncnc2c(N)nc(N3CCNCC3)nc12. The van der Waals surface area contributed by atoms with E-state index in [0.717, 1.165) is 43.9 Å². The van der Waals surface area contributed by atoms with Gasteiger partial charge in [-0.2, -0.15) is 18.2 Å². The maximum Gasteiger partial charge on any atom is 0.416 e. The van der Waals surface area contributed by atoms with E-state index >= 15 is 0 Å². The zero-order valence-electron chi connectivity index (χ0n) is 20.3. The van der Waals surface area contributed by atoms with Gasteiger partial charge in [0.15, 0.2) is 11.6 Å². The lowest BCUT2D eigenvalue weighted by Gasteiger charge is -2.27. The first-order valence-electron chi connectivity index (χ1n) is 11.8. The van der Waals surface area contributed by atoms with Crippen molar-refractivity contribution >= 4 is 45.9 Å². The summed E-state index contributed by atoms with van der Waals surface area (Å²) < 4.78 is 39.1. The van der Waals surface area contributed by atoms with E-state index in [-0.39, 0.29) is 17.1 Å². The molecule has 3 heterocycles. The van der Waals surface area contributed by atoms with Crippen molar-refractivity contribution in [2.45, 2.75) is 13.1 Å². The Hall–Kier alpha value is -4.52. The molecule has 2 aromatic heterocycles. The van der Waals surface area contributed by atoms with Gasteiger partial charge in [0.05, 0.1) is 5.56 Å². The Morgan fingerprint density at radius 3 is 2.61 bits per heavy atom. The lowest BCUT2D eigenvalue weighted by molar-refractivity contribution is -0.137. The number of piperazine rings is 1. The van der Waals surface area contributed by atoms with Gasteiger partial charge in [0.2, 0.25) is 5.95 Å². The van der Waals surface area contributed by atoms with Gasteiger partial charge in [-0.3, -0.25) is 4.79 Å². The van der Waals surface area contributed by atoms with Crippen molar-refractivity contribution in [1.29, 1.82) is 0 Å². The molecule has 1 saturated heterocycles. The summed E-state index contributed by atoms with van der Waals surface area (Å²) in [5, 5.41) is 9.00. The molecule has 0 atom stereocenters. The average Bonchev–Trinajstić information content (AvgIpc) is 2.90. The maximum atomic E-state index is 13.0. The number of amides is 1. The van der Waals surface area contributed by atoms with E-state index in [2.05, 4.69) is 35.9 Å². The Morgan fingerprint density at radius 2 is 1.84 bits per heavy atom. The number of nitrogen functional groups attached to an aromatic ring is 1. The molecule has 0 aliphatic carbocycles. The highest BCUT2D eigenvalue weighted by Gasteiger charge is 2.30. The zero-order valence-corrected chi connectivity index (χ0v) is 20.3. The van der Waals surface area contributed by atoms with Gasteiger partial charge in [0.1, 0.15) is 17.4 Å². The topological polar surface area (TPSA) is 134 Å². The minimum Gasteiger partial charge on any atom is -0.382 e. The van der Waals surface area contributed by atoms with E-state index in [1.165, 1.54) is 18.5 Å². The Morgan fingerprint density at radius 1 is 1.05 bits per heavy atom. The van der Waals surface area contributed by atoms with Crippen molar-refractivity contribution in [1.82, 2.24) is 25.3 Å². The number of aromatic nitrogens is 4. The van der Waals surface area contributed by atoms with Crippen LogP contribution in [0.25, 0.3) is 11.0 Å². The van der Waals surface area contributed by atoms with Gasteiger partial charge in [0.25, 0.3) is 5.91 Å². The molecule has 0 saturated carbocycles. The largest absolute Gasteiger partial charge is 0.416 e. The second-order valence-electron chi connectivity index (χ2n) is 8.75. The van der Waals surface area contributed by atoms with Crippen LogP contribution in [0.5, 0.6) is 0 Å². The normalized spacial score (nSPS) is 13.9. The number of aryl methyl sites for hydroxylation is 1. The maximum absolute atomic E-state index is 13.0. The van der Waals surface area contributed by atoms with Crippen LogP contribution in [-0.2, 0) is 6.18 Å². The van der Waals surface area contributed by atoms with Crippen molar-refractivity contribution < 1.29 is 18.0 Å². The summed E-state index contributed by atoms with van der Waals surface area (Å²) in [5.74, 6) is 0.506. The molecule has 0 unspecified atom stereocenters. The highest BCUT2D eigenvalue weighted by molar-refractivity contribution is 6.05. The number of nitrogens with zero attached hydrogens (tertiary/aromatic N) is 5. The molecule has 1 aliphatic heterocycles. The molecule has 0 bridgehead atoms. The summed E-state index contributed by atoms with van der Waals surface area (Å²) in [6.07, 6.45) is -3.17. The number of benzene rings is 2. The molecule has 4 aromatic rings. The highest BCUT2D eigenvalue weighted by atomic mass is 19.4. The monoisotopic (exact) mass is 523 g/mol. The van der Waals surface area contributed by atoms with Crippen molar-refractivity contribution in [3.05, 3.63) is 65.5 Å². The number of carbonyl (C=O) groups excluding carboxylic acids is 1. The van der Waals surface area contributed by atoms with Gasteiger partial charge in [-0.05, 0) is 42.8 Å². The van der Waals surface area contributed by atoms with Crippen LogP contribution in [0.15, 0.2) is 48.8 Å². The molecule has 13 heteroatoms. The molecule has 2 aromatic carbocycles. The van der Waals surface area contributed by atoms with Gasteiger partial charge < -0.3 is 26.6 Å². The van der Waals surface area contributed by atoms with Gasteiger partial charge in [-0.25, -0.2) is 15.0 Å². The number of carbonyl (C=O) groups is 1. The van der Waals surface area contributed by atoms with E-state index < -0.39 is 17.6 Å². The van der Waals surface area contributed by atoms with Crippen molar-refractivity contribution in [2.24, 2.45) is 0 Å². The number of alkyl halides is 3. The lowest BCUT2D eigenvalue weighted by Crippen LogP contribution is -2.44. The quantitative estimate of drug-likeness (QED) is 0.309. The molecule has 1 amide bonds. The van der Waals surface area contributed by atoms with Crippen LogP contribution in [0.1, 0.15) is 21.5 Å². The molecular formula is C25H24F3N9O. The van der Waals surface area contributed by atoms with Crippen LogP contribution in [0, 0.1) is 6.92 Å². The van der Waals surface area contributed by atoms with Crippen molar-refractivity contribution in [3.8, 4) is 0 Å². The number of hydrogen-bond donors (Lipinski definition) is 4. The zero-order chi connectivity index (χ0) is 26.9. The molecule has 10 nitrogen and oxygen atoms in total. The summed E-state index contributed by atoms with van der Waals surface area (Å²) in [5.41, 5.74) is 7.79. The molecule has 1 aliphatic rings. The molecule has 1 fully saturated rings. The molecule has 0 spiro atoms. The van der Waals surface area contributed by atoms with Crippen LogP contribution in [0.3, 0.4) is 0 Å². The molecule has 38 heavy (non-hydrogen) atoms. The number of rotatable bonds is 5. The van der Waals surface area contributed by atoms with Gasteiger partial charge in [0, 0.05) is 43.1 Å². The summed E-state index contributed by atoms with van der Waals surface area (Å²) in [6, 6.07) is 9.37. The lowest BCUT2D eigenvalue weighted by atomic mass is 10.1. The molecule has 5 N–H and O–H groups in total. The van der Waals surface area contributed by atoms with Gasteiger partial charge in [-0.1, -0.05) is 12.1 Å². The van der Waals surface area contributed by atoms with Crippen LogP contribution >= 0.6 is 0 Å². The van der Waals surface area contributed by atoms with Gasteiger partial charge >= 0.3 is 6.18 Å². The second kappa shape index (κ2) is 10.1. The molecule has 0 radical (unpaired) electrons. The van der Waals surface area contributed by atoms with E-state index in [1.54, 1.807) is 18.2 Å². The Bertz CT molecular complexity index is 1500. The number of hydrogen-bond acceptors (Lipinski definition) is 9. The average molecular weight is 524 g/mol. The second-order valence-corrected chi connectivity index (χ2v) is 8.75. The summed E-state index contributed by atoms with van der Waals surface area (Å²) in [6.45, 7) is 4.89. The first-order chi connectivity index (χ1) is 18.2. The Balaban J connectivity index is 1.43.